The van der Waals surface area contributed by atoms with Gasteiger partial charge in [-0.3, -0.25) is 0 Å². The molecule has 0 aromatic heterocycles. The summed E-state index contributed by atoms with van der Waals surface area (Å²) in [5.41, 5.74) is 0.882. The number of aliphatic hydroxyl groups is 1. The van der Waals surface area contributed by atoms with E-state index in [1.165, 1.54) is 6.07 Å². The first-order valence-electron chi connectivity index (χ1n) is 4.32. The first-order valence-corrected chi connectivity index (χ1v) is 4.32. The minimum absolute atomic E-state index is 0.0708. The van der Waals surface area contributed by atoms with Crippen LogP contribution in [0.2, 0.25) is 0 Å². The molecule has 1 aromatic carbocycles. The Hall–Kier alpha value is -1.39. The Labute approximate surface area is 80.7 Å². The molecule has 1 aliphatic rings. The largest absolute Gasteiger partial charge is 0.478 e. The van der Waals surface area contributed by atoms with Gasteiger partial charge in [-0.05, 0) is 11.6 Å². The third-order valence-electron chi connectivity index (χ3n) is 2.26. The van der Waals surface area contributed by atoms with Gasteiger partial charge in [0.1, 0.15) is 12.2 Å². The van der Waals surface area contributed by atoms with E-state index in [1.54, 1.807) is 18.2 Å². The number of epoxide rings is 1. The fourth-order valence-corrected chi connectivity index (χ4v) is 1.50. The monoisotopic (exact) mass is 194 g/mol. The maximum absolute atomic E-state index is 10.8. The molecule has 4 nitrogen and oxygen atoms in total. The number of carbonyl (C=O) groups is 1. The molecule has 0 saturated carbocycles. The van der Waals surface area contributed by atoms with Gasteiger partial charge in [0, 0.05) is 0 Å². The predicted octanol–water partition coefficient (Wildman–Crippen LogP) is 0.817. The average molecular weight is 194 g/mol. The topological polar surface area (TPSA) is 70.1 Å². The fourth-order valence-electron chi connectivity index (χ4n) is 1.50. The summed E-state index contributed by atoms with van der Waals surface area (Å²) in [6.45, 7) is -0.0708. The van der Waals surface area contributed by atoms with Gasteiger partial charge in [0.15, 0.2) is 0 Å². The Kier molecular flexibility index (Phi) is 2.23. The third-order valence-corrected chi connectivity index (χ3v) is 2.26. The summed E-state index contributed by atoms with van der Waals surface area (Å²) in [5, 5.41) is 17.7. The number of hydrogen-bond acceptors (Lipinski definition) is 3. The lowest BCUT2D eigenvalue weighted by atomic mass is 10.0. The standard InChI is InChI=1S/C10H10O4/c11-5-8-9(14-8)6-3-1-2-4-7(6)10(12)13/h1-4,8-9,11H,5H2,(H,12,13). The normalized spacial score (nSPS) is 24.6. The molecular formula is C10H10O4. The number of benzene rings is 1. The average Bonchev–Trinajstić information content (AvgIpc) is 2.96. The van der Waals surface area contributed by atoms with Gasteiger partial charge < -0.3 is 14.9 Å². The molecule has 2 rings (SSSR count). The highest BCUT2D eigenvalue weighted by atomic mass is 16.6. The van der Waals surface area contributed by atoms with Crippen LogP contribution in [0.1, 0.15) is 22.0 Å². The second-order valence-electron chi connectivity index (χ2n) is 3.17. The number of rotatable bonds is 3. The van der Waals surface area contributed by atoms with E-state index >= 15 is 0 Å². The van der Waals surface area contributed by atoms with Crippen molar-refractivity contribution in [1.29, 1.82) is 0 Å². The van der Waals surface area contributed by atoms with Gasteiger partial charge in [-0.25, -0.2) is 4.79 Å². The number of carboxylic acid groups (broad SMARTS) is 1. The van der Waals surface area contributed by atoms with Crippen LogP contribution in [0, 0.1) is 0 Å². The van der Waals surface area contributed by atoms with E-state index < -0.39 is 5.97 Å². The third kappa shape index (κ3) is 1.49. The Bertz CT molecular complexity index is 361. The Morgan fingerprint density at radius 3 is 2.71 bits per heavy atom. The molecule has 0 aliphatic carbocycles. The molecule has 2 N–H and O–H groups in total. The van der Waals surface area contributed by atoms with E-state index in [9.17, 15) is 4.79 Å². The summed E-state index contributed by atoms with van der Waals surface area (Å²) in [4.78, 5) is 10.8. The van der Waals surface area contributed by atoms with Gasteiger partial charge >= 0.3 is 5.97 Å². The molecule has 2 atom stereocenters. The van der Waals surface area contributed by atoms with E-state index in [-0.39, 0.29) is 24.4 Å². The molecule has 74 valence electrons. The first-order chi connectivity index (χ1) is 6.74. The molecule has 1 heterocycles. The lowest BCUT2D eigenvalue weighted by Gasteiger charge is -2.01. The number of hydrogen-bond donors (Lipinski definition) is 2. The van der Waals surface area contributed by atoms with Crippen molar-refractivity contribution in [1.82, 2.24) is 0 Å². The maximum atomic E-state index is 10.8. The molecule has 0 radical (unpaired) electrons. The van der Waals surface area contributed by atoms with Crippen molar-refractivity contribution in [3.63, 3.8) is 0 Å². The van der Waals surface area contributed by atoms with Gasteiger partial charge in [0.25, 0.3) is 0 Å². The van der Waals surface area contributed by atoms with Gasteiger partial charge in [-0.2, -0.15) is 0 Å². The molecule has 1 aromatic rings. The fraction of sp³-hybridized carbons (Fsp3) is 0.300. The summed E-state index contributed by atoms with van der Waals surface area (Å²) in [5.74, 6) is -0.965. The smallest absolute Gasteiger partial charge is 0.336 e. The summed E-state index contributed by atoms with van der Waals surface area (Å²) in [7, 11) is 0. The Balaban J connectivity index is 2.29. The highest BCUT2D eigenvalue weighted by Crippen LogP contribution is 2.39. The summed E-state index contributed by atoms with van der Waals surface area (Å²) in [6.07, 6.45) is -0.497. The van der Waals surface area contributed by atoms with E-state index in [4.69, 9.17) is 14.9 Å². The molecule has 2 unspecified atom stereocenters. The highest BCUT2D eigenvalue weighted by Gasteiger charge is 2.41. The van der Waals surface area contributed by atoms with E-state index in [0.717, 1.165) is 0 Å². The SMILES string of the molecule is O=C(O)c1ccccc1C1OC1CO. The minimum Gasteiger partial charge on any atom is -0.478 e. The summed E-state index contributed by atoms with van der Waals surface area (Å²) < 4.78 is 5.13. The van der Waals surface area contributed by atoms with Gasteiger partial charge in [-0.1, -0.05) is 18.2 Å². The Morgan fingerprint density at radius 2 is 2.14 bits per heavy atom. The quantitative estimate of drug-likeness (QED) is 0.699. The van der Waals surface area contributed by atoms with Gasteiger partial charge in [0.05, 0.1) is 12.2 Å². The van der Waals surface area contributed by atoms with Crippen molar-refractivity contribution < 1.29 is 19.7 Å². The lowest BCUT2D eigenvalue weighted by molar-refractivity contribution is 0.0695. The lowest BCUT2D eigenvalue weighted by Crippen LogP contribution is -2.03. The maximum Gasteiger partial charge on any atom is 0.336 e. The van der Waals surface area contributed by atoms with Crippen LogP contribution in [0.4, 0.5) is 0 Å². The van der Waals surface area contributed by atoms with Crippen molar-refractivity contribution in [3.8, 4) is 0 Å². The number of ether oxygens (including phenoxy) is 1. The molecule has 0 bridgehead atoms. The van der Waals surface area contributed by atoms with E-state index in [1.807, 2.05) is 0 Å². The second kappa shape index (κ2) is 3.40. The zero-order valence-electron chi connectivity index (χ0n) is 7.38. The molecule has 0 amide bonds. The number of carboxylic acids is 1. The first kappa shape index (κ1) is 9.18. The van der Waals surface area contributed by atoms with Crippen LogP contribution in [0.25, 0.3) is 0 Å². The molecule has 0 spiro atoms. The molecule has 1 saturated heterocycles. The predicted molar refractivity (Wildman–Crippen MR) is 48.1 cm³/mol. The van der Waals surface area contributed by atoms with Gasteiger partial charge in [0.2, 0.25) is 0 Å². The van der Waals surface area contributed by atoms with Crippen LogP contribution >= 0.6 is 0 Å². The zero-order valence-corrected chi connectivity index (χ0v) is 7.38. The van der Waals surface area contributed by atoms with Crippen molar-refractivity contribution >= 4 is 5.97 Å². The van der Waals surface area contributed by atoms with Crippen LogP contribution in [-0.2, 0) is 4.74 Å². The molecule has 1 aliphatic heterocycles. The van der Waals surface area contributed by atoms with Crippen molar-refractivity contribution in [2.45, 2.75) is 12.2 Å². The molecule has 14 heavy (non-hydrogen) atoms. The van der Waals surface area contributed by atoms with E-state index in [2.05, 4.69) is 0 Å². The summed E-state index contributed by atoms with van der Waals surface area (Å²) in [6, 6.07) is 6.68. The number of aromatic carboxylic acids is 1. The van der Waals surface area contributed by atoms with Crippen LogP contribution in [0.3, 0.4) is 0 Å². The molecule has 1 fully saturated rings. The number of aliphatic hydroxyl groups excluding tert-OH is 1. The Morgan fingerprint density at radius 1 is 1.43 bits per heavy atom. The van der Waals surface area contributed by atoms with Crippen molar-refractivity contribution in [3.05, 3.63) is 35.4 Å². The second-order valence-corrected chi connectivity index (χ2v) is 3.17. The molecule has 4 heteroatoms. The van der Waals surface area contributed by atoms with Crippen LogP contribution in [0.5, 0.6) is 0 Å². The minimum atomic E-state index is -0.965. The van der Waals surface area contributed by atoms with E-state index in [0.29, 0.717) is 5.56 Å². The highest BCUT2D eigenvalue weighted by molar-refractivity contribution is 5.89. The van der Waals surface area contributed by atoms with Crippen LogP contribution in [-0.4, -0.2) is 28.9 Å². The van der Waals surface area contributed by atoms with Crippen molar-refractivity contribution in [2.24, 2.45) is 0 Å². The zero-order chi connectivity index (χ0) is 10.1. The van der Waals surface area contributed by atoms with Crippen LogP contribution in [0.15, 0.2) is 24.3 Å². The molecular weight excluding hydrogens is 184 g/mol. The van der Waals surface area contributed by atoms with Crippen molar-refractivity contribution in [2.75, 3.05) is 6.61 Å². The summed E-state index contributed by atoms with van der Waals surface area (Å²) >= 11 is 0. The van der Waals surface area contributed by atoms with Crippen LogP contribution < -0.4 is 0 Å². The van der Waals surface area contributed by atoms with Gasteiger partial charge in [-0.15, -0.1) is 0 Å².